The van der Waals surface area contributed by atoms with E-state index in [-0.39, 0.29) is 5.43 Å². The Morgan fingerprint density at radius 1 is 1.28 bits per heavy atom. The maximum absolute atomic E-state index is 11.3. The maximum Gasteiger partial charge on any atom is 0.182 e. The predicted octanol–water partition coefficient (Wildman–Crippen LogP) is 2.16. The van der Waals surface area contributed by atoms with Crippen LogP contribution in [0.5, 0.6) is 0 Å². The molecule has 0 unspecified atom stereocenters. The van der Waals surface area contributed by atoms with E-state index in [1.54, 1.807) is 6.07 Å². The molecule has 0 saturated heterocycles. The minimum Gasteiger partial charge on any atom is -0.454 e. The van der Waals surface area contributed by atoms with Gasteiger partial charge in [0.05, 0.1) is 0 Å². The number of aromatic amines is 1. The first kappa shape index (κ1) is 9.47. The van der Waals surface area contributed by atoms with Crippen molar-refractivity contribution >= 4 is 33.1 Å². The van der Waals surface area contributed by atoms with Crippen LogP contribution in [0.25, 0.3) is 33.1 Å². The number of aryl methyl sites for hydroxylation is 1. The number of benzene rings is 1. The van der Waals surface area contributed by atoms with Crippen LogP contribution in [0.4, 0.5) is 0 Å². The third-order valence-corrected chi connectivity index (χ3v) is 3.16. The summed E-state index contributed by atoms with van der Waals surface area (Å²) in [7, 11) is 1.90. The highest BCUT2D eigenvalue weighted by molar-refractivity contribution is 6.05. The molecule has 0 radical (unpaired) electrons. The Balaban J connectivity index is 2.28. The first-order valence-electron chi connectivity index (χ1n) is 5.60. The largest absolute Gasteiger partial charge is 0.454 e. The van der Waals surface area contributed by atoms with E-state index in [4.69, 9.17) is 4.42 Å². The molecule has 0 aliphatic heterocycles. The van der Waals surface area contributed by atoms with E-state index in [1.807, 2.05) is 24.0 Å². The van der Waals surface area contributed by atoms with Crippen LogP contribution in [0.1, 0.15) is 0 Å². The molecule has 0 saturated carbocycles. The number of hydrogen-bond acceptors (Lipinski definition) is 3. The third kappa shape index (κ3) is 1.10. The Labute approximate surface area is 101 Å². The lowest BCUT2D eigenvalue weighted by molar-refractivity contribution is 0.668. The fraction of sp³-hybridized carbons (Fsp3) is 0.0769. The van der Waals surface area contributed by atoms with E-state index in [0.29, 0.717) is 11.2 Å². The van der Waals surface area contributed by atoms with Gasteiger partial charge < -0.3 is 9.52 Å². The highest BCUT2D eigenvalue weighted by atomic mass is 16.3. The molecule has 0 aliphatic rings. The molecule has 0 spiro atoms. The summed E-state index contributed by atoms with van der Waals surface area (Å²) in [5.41, 5.74) is 2.87. The normalized spacial score (nSPS) is 11.8. The van der Waals surface area contributed by atoms with Gasteiger partial charge in [0.1, 0.15) is 11.1 Å². The van der Waals surface area contributed by atoms with Crippen LogP contribution in [0.2, 0.25) is 0 Å². The summed E-state index contributed by atoms with van der Waals surface area (Å²) in [4.78, 5) is 15.9. The summed E-state index contributed by atoms with van der Waals surface area (Å²) in [5, 5.41) is 4.91. The Bertz CT molecular complexity index is 959. The SMILES string of the molecule is Cn1[nH]cc2cc3oc4cc(=O)ccc4c3nc21. The van der Waals surface area contributed by atoms with Crippen molar-refractivity contribution in [3.63, 3.8) is 0 Å². The Hall–Kier alpha value is -2.56. The van der Waals surface area contributed by atoms with Crippen LogP contribution in [-0.2, 0) is 7.05 Å². The average molecular weight is 239 g/mol. The summed E-state index contributed by atoms with van der Waals surface area (Å²) < 4.78 is 7.51. The highest BCUT2D eigenvalue weighted by Crippen LogP contribution is 2.28. The molecule has 0 amide bonds. The zero-order valence-corrected chi connectivity index (χ0v) is 9.60. The number of rotatable bonds is 0. The fourth-order valence-electron chi connectivity index (χ4n) is 2.27. The van der Waals surface area contributed by atoms with E-state index < -0.39 is 0 Å². The lowest BCUT2D eigenvalue weighted by atomic mass is 10.2. The van der Waals surface area contributed by atoms with Crippen molar-refractivity contribution in [1.82, 2.24) is 14.8 Å². The van der Waals surface area contributed by atoms with Crippen molar-refractivity contribution in [2.45, 2.75) is 0 Å². The van der Waals surface area contributed by atoms with Crippen molar-refractivity contribution in [3.8, 4) is 0 Å². The number of furan rings is 1. The van der Waals surface area contributed by atoms with E-state index in [2.05, 4.69) is 10.1 Å². The molecular weight excluding hydrogens is 230 g/mol. The zero-order chi connectivity index (χ0) is 12.3. The summed E-state index contributed by atoms with van der Waals surface area (Å²) >= 11 is 0. The molecule has 5 heteroatoms. The fourth-order valence-corrected chi connectivity index (χ4v) is 2.27. The summed E-state index contributed by atoms with van der Waals surface area (Å²) in [6.07, 6.45) is 1.87. The second kappa shape index (κ2) is 3.01. The van der Waals surface area contributed by atoms with Crippen molar-refractivity contribution in [3.05, 3.63) is 40.7 Å². The van der Waals surface area contributed by atoms with Gasteiger partial charge in [-0.15, -0.1) is 0 Å². The average Bonchev–Trinajstić information content (AvgIpc) is 2.87. The molecule has 0 fully saturated rings. The minimum absolute atomic E-state index is 0.0561. The molecule has 18 heavy (non-hydrogen) atoms. The van der Waals surface area contributed by atoms with E-state index in [0.717, 1.165) is 21.9 Å². The zero-order valence-electron chi connectivity index (χ0n) is 9.60. The van der Waals surface area contributed by atoms with Gasteiger partial charge in [0.15, 0.2) is 16.7 Å². The maximum atomic E-state index is 11.3. The Kier molecular flexibility index (Phi) is 1.58. The van der Waals surface area contributed by atoms with Gasteiger partial charge in [-0.25, -0.2) is 4.98 Å². The lowest BCUT2D eigenvalue weighted by Gasteiger charge is -1.94. The number of aromatic nitrogens is 3. The van der Waals surface area contributed by atoms with E-state index in [1.165, 1.54) is 12.1 Å². The monoisotopic (exact) mass is 239 g/mol. The molecule has 0 aliphatic carbocycles. The third-order valence-electron chi connectivity index (χ3n) is 3.16. The molecule has 3 heterocycles. The Morgan fingerprint density at radius 2 is 2.17 bits per heavy atom. The lowest BCUT2D eigenvalue weighted by Crippen LogP contribution is -1.93. The first-order valence-corrected chi connectivity index (χ1v) is 5.60. The topological polar surface area (TPSA) is 63.8 Å². The molecule has 5 nitrogen and oxygen atoms in total. The minimum atomic E-state index is -0.0561. The number of nitrogens with zero attached hydrogens (tertiary/aromatic N) is 2. The standard InChI is InChI=1S/C13H9N3O2/c1-16-13-7(6-14-16)4-11-12(15-13)9-3-2-8(17)5-10(9)18-11/h2-6,14H,1H3. The van der Waals surface area contributed by atoms with Gasteiger partial charge in [0, 0.05) is 30.1 Å². The molecule has 88 valence electrons. The molecule has 1 N–H and O–H groups in total. The number of hydrogen-bond donors (Lipinski definition) is 1. The first-order chi connectivity index (χ1) is 8.72. The molecule has 1 aromatic carbocycles. The van der Waals surface area contributed by atoms with Crippen LogP contribution < -0.4 is 5.43 Å². The number of nitrogens with one attached hydrogen (secondary N) is 1. The number of pyridine rings is 1. The van der Waals surface area contributed by atoms with Crippen LogP contribution in [0, 0.1) is 0 Å². The quantitative estimate of drug-likeness (QED) is 0.511. The molecular formula is C13H9N3O2. The summed E-state index contributed by atoms with van der Waals surface area (Å²) in [6, 6.07) is 6.71. The molecule has 4 rings (SSSR count). The second-order valence-electron chi connectivity index (χ2n) is 4.34. The van der Waals surface area contributed by atoms with E-state index in [9.17, 15) is 4.79 Å². The van der Waals surface area contributed by atoms with Gasteiger partial charge in [-0.1, -0.05) is 0 Å². The van der Waals surface area contributed by atoms with Crippen LogP contribution >= 0.6 is 0 Å². The summed E-state index contributed by atoms with van der Waals surface area (Å²) in [6.45, 7) is 0. The number of fused-ring (bicyclic) bond motifs is 4. The summed E-state index contributed by atoms with van der Waals surface area (Å²) in [5.74, 6) is 0. The molecule has 0 bridgehead atoms. The van der Waals surface area contributed by atoms with Crippen LogP contribution in [-0.4, -0.2) is 14.8 Å². The van der Waals surface area contributed by atoms with Gasteiger partial charge >= 0.3 is 0 Å². The molecule has 3 aromatic heterocycles. The van der Waals surface area contributed by atoms with Gasteiger partial charge in [0.25, 0.3) is 0 Å². The van der Waals surface area contributed by atoms with Crippen molar-refractivity contribution in [1.29, 1.82) is 0 Å². The molecule has 0 atom stereocenters. The second-order valence-corrected chi connectivity index (χ2v) is 4.34. The van der Waals surface area contributed by atoms with Crippen molar-refractivity contribution in [2.75, 3.05) is 0 Å². The highest BCUT2D eigenvalue weighted by Gasteiger charge is 2.11. The van der Waals surface area contributed by atoms with Gasteiger partial charge in [0.2, 0.25) is 0 Å². The smallest absolute Gasteiger partial charge is 0.182 e. The van der Waals surface area contributed by atoms with Crippen molar-refractivity contribution < 1.29 is 4.42 Å². The van der Waals surface area contributed by atoms with Gasteiger partial charge in [-0.05, 0) is 18.2 Å². The van der Waals surface area contributed by atoms with Crippen LogP contribution in [0.3, 0.4) is 0 Å². The van der Waals surface area contributed by atoms with Crippen LogP contribution in [0.15, 0.2) is 39.7 Å². The van der Waals surface area contributed by atoms with Gasteiger partial charge in [-0.3, -0.25) is 9.48 Å². The van der Waals surface area contributed by atoms with E-state index >= 15 is 0 Å². The number of H-pyrrole nitrogens is 1. The van der Waals surface area contributed by atoms with Crippen molar-refractivity contribution in [2.24, 2.45) is 7.05 Å². The Morgan fingerprint density at radius 3 is 3.06 bits per heavy atom. The molecule has 4 aromatic rings. The predicted molar refractivity (Wildman–Crippen MR) is 68.6 cm³/mol. The van der Waals surface area contributed by atoms with Gasteiger partial charge in [-0.2, -0.15) is 0 Å².